The number of aromatic nitrogens is 3. The van der Waals surface area contributed by atoms with Crippen molar-refractivity contribution < 1.29 is 5.11 Å². The van der Waals surface area contributed by atoms with Crippen molar-refractivity contribution in [3.05, 3.63) is 28.8 Å². The maximum absolute atomic E-state index is 10.8. The summed E-state index contributed by atoms with van der Waals surface area (Å²) in [6.07, 6.45) is 2.81. The average molecular weight is 163 g/mol. The Hall–Kier alpha value is -1.91. The number of aromatic hydroxyl groups is 1. The molecule has 0 aliphatic carbocycles. The van der Waals surface area contributed by atoms with Crippen molar-refractivity contribution in [2.24, 2.45) is 0 Å². The molecule has 5 heteroatoms. The summed E-state index contributed by atoms with van der Waals surface area (Å²) < 4.78 is 0. The number of aromatic amines is 1. The average Bonchev–Trinajstić information content (AvgIpc) is 2.04. The van der Waals surface area contributed by atoms with Crippen LogP contribution in [0.3, 0.4) is 0 Å². The van der Waals surface area contributed by atoms with Gasteiger partial charge in [0.25, 0.3) is 5.56 Å². The number of nitrogens with one attached hydrogen (secondary N) is 1. The van der Waals surface area contributed by atoms with E-state index in [1.54, 1.807) is 0 Å². The van der Waals surface area contributed by atoms with E-state index in [9.17, 15) is 9.90 Å². The van der Waals surface area contributed by atoms with Crippen LogP contribution >= 0.6 is 0 Å². The van der Waals surface area contributed by atoms with E-state index >= 15 is 0 Å². The number of pyridine rings is 1. The van der Waals surface area contributed by atoms with Crippen molar-refractivity contribution in [2.45, 2.75) is 0 Å². The topological polar surface area (TPSA) is 78.9 Å². The zero-order valence-electron chi connectivity index (χ0n) is 5.98. The summed E-state index contributed by atoms with van der Waals surface area (Å²) in [5.41, 5.74) is -0.354. The highest BCUT2D eigenvalue weighted by molar-refractivity contribution is 5.84. The summed E-state index contributed by atoms with van der Waals surface area (Å²) >= 11 is 0. The van der Waals surface area contributed by atoms with E-state index in [0.29, 0.717) is 10.8 Å². The summed E-state index contributed by atoms with van der Waals surface area (Å²) in [5, 5.41) is 17.4. The number of hydrogen-bond donors (Lipinski definition) is 2. The third-order valence-corrected chi connectivity index (χ3v) is 1.54. The molecule has 0 fully saturated rings. The Labute approximate surface area is 66.7 Å². The molecule has 0 unspecified atom stereocenters. The predicted octanol–water partition coefficient (Wildman–Crippen LogP) is 0.0237. The molecule has 2 aromatic rings. The van der Waals surface area contributed by atoms with Gasteiger partial charge in [-0.05, 0) is 0 Å². The van der Waals surface area contributed by atoms with E-state index in [-0.39, 0.29) is 11.4 Å². The number of nitrogens with zero attached hydrogens (tertiary/aromatic N) is 2. The minimum absolute atomic E-state index is 0.174. The van der Waals surface area contributed by atoms with Crippen molar-refractivity contribution in [1.29, 1.82) is 0 Å². The van der Waals surface area contributed by atoms with Gasteiger partial charge in [-0.3, -0.25) is 9.78 Å². The minimum Gasteiger partial charge on any atom is -0.494 e. The normalized spacial score (nSPS) is 10.3. The fourth-order valence-electron chi connectivity index (χ4n) is 1.00. The quantitative estimate of drug-likeness (QED) is 0.574. The Bertz CT molecular complexity index is 477. The lowest BCUT2D eigenvalue weighted by molar-refractivity contribution is 0.458. The third-order valence-electron chi connectivity index (χ3n) is 1.54. The molecule has 2 N–H and O–H groups in total. The second-order valence-electron chi connectivity index (χ2n) is 2.34. The Kier molecular flexibility index (Phi) is 1.30. The van der Waals surface area contributed by atoms with Crippen molar-refractivity contribution in [3.63, 3.8) is 0 Å². The van der Waals surface area contributed by atoms with Crippen molar-refractivity contribution in [1.82, 2.24) is 15.2 Å². The van der Waals surface area contributed by atoms with E-state index in [4.69, 9.17) is 0 Å². The Morgan fingerprint density at radius 1 is 1.33 bits per heavy atom. The van der Waals surface area contributed by atoms with Crippen LogP contribution in [-0.2, 0) is 0 Å². The molecule has 2 heterocycles. The number of fused-ring (bicyclic) bond motifs is 1. The lowest BCUT2D eigenvalue weighted by Crippen LogP contribution is -2.03. The highest BCUT2D eigenvalue weighted by Crippen LogP contribution is 2.16. The van der Waals surface area contributed by atoms with Gasteiger partial charge < -0.3 is 5.11 Å². The van der Waals surface area contributed by atoms with E-state index in [2.05, 4.69) is 15.2 Å². The fraction of sp³-hybridized carbons (Fsp3) is 0. The van der Waals surface area contributed by atoms with Crippen molar-refractivity contribution in [2.75, 3.05) is 0 Å². The molecule has 0 saturated heterocycles. The van der Waals surface area contributed by atoms with E-state index < -0.39 is 0 Å². The third kappa shape index (κ3) is 0.914. The maximum atomic E-state index is 10.8. The molecule has 60 valence electrons. The summed E-state index contributed by atoms with van der Waals surface area (Å²) in [6, 6.07) is 1.35. The highest BCUT2D eigenvalue weighted by atomic mass is 16.3. The van der Waals surface area contributed by atoms with Gasteiger partial charge >= 0.3 is 0 Å². The van der Waals surface area contributed by atoms with Gasteiger partial charge in [0.1, 0.15) is 0 Å². The summed E-state index contributed by atoms with van der Waals surface area (Å²) in [4.78, 5) is 13.1. The van der Waals surface area contributed by atoms with Crippen molar-refractivity contribution >= 4 is 10.8 Å². The Morgan fingerprint density at radius 3 is 2.92 bits per heavy atom. The van der Waals surface area contributed by atoms with Gasteiger partial charge in [0.05, 0.1) is 17.8 Å². The smallest absolute Gasteiger partial charge is 0.251 e. The zero-order valence-corrected chi connectivity index (χ0v) is 5.98. The van der Waals surface area contributed by atoms with Crippen LogP contribution in [0.25, 0.3) is 10.8 Å². The minimum atomic E-state index is -0.354. The first-order valence-corrected chi connectivity index (χ1v) is 3.30. The first kappa shape index (κ1) is 6.78. The van der Waals surface area contributed by atoms with Gasteiger partial charge in [-0.1, -0.05) is 0 Å². The zero-order chi connectivity index (χ0) is 8.55. The number of rotatable bonds is 0. The molecule has 0 aliphatic rings. The molecule has 0 bridgehead atoms. The van der Waals surface area contributed by atoms with Gasteiger partial charge in [0, 0.05) is 11.5 Å². The van der Waals surface area contributed by atoms with Crippen LogP contribution in [0, 0.1) is 0 Å². The monoisotopic (exact) mass is 163 g/mol. The van der Waals surface area contributed by atoms with Crippen LogP contribution < -0.4 is 5.56 Å². The Morgan fingerprint density at radius 2 is 2.08 bits per heavy atom. The summed E-state index contributed by atoms with van der Waals surface area (Å²) in [5.74, 6) is -0.174. The first-order valence-electron chi connectivity index (χ1n) is 3.30. The maximum Gasteiger partial charge on any atom is 0.251 e. The Balaban J connectivity index is 2.99. The van der Waals surface area contributed by atoms with Gasteiger partial charge in [-0.2, -0.15) is 10.2 Å². The molecule has 12 heavy (non-hydrogen) atoms. The molecule has 0 amide bonds. The predicted molar refractivity (Wildman–Crippen MR) is 41.8 cm³/mol. The van der Waals surface area contributed by atoms with Gasteiger partial charge in [0.15, 0.2) is 0 Å². The summed E-state index contributed by atoms with van der Waals surface area (Å²) in [7, 11) is 0. The van der Waals surface area contributed by atoms with Crippen LogP contribution in [0.2, 0.25) is 0 Å². The van der Waals surface area contributed by atoms with Crippen LogP contribution in [0.1, 0.15) is 0 Å². The molecule has 0 aromatic carbocycles. The van der Waals surface area contributed by atoms with Crippen LogP contribution in [-0.4, -0.2) is 20.3 Å². The van der Waals surface area contributed by atoms with E-state index in [0.717, 1.165) is 0 Å². The lowest BCUT2D eigenvalue weighted by Gasteiger charge is -1.96. The molecular weight excluding hydrogens is 158 g/mol. The van der Waals surface area contributed by atoms with Gasteiger partial charge in [0.2, 0.25) is 5.88 Å². The lowest BCUT2D eigenvalue weighted by atomic mass is 10.2. The number of hydrogen-bond acceptors (Lipinski definition) is 4. The van der Waals surface area contributed by atoms with E-state index in [1.165, 1.54) is 18.5 Å². The highest BCUT2D eigenvalue weighted by Gasteiger charge is 2.00. The largest absolute Gasteiger partial charge is 0.494 e. The van der Waals surface area contributed by atoms with Gasteiger partial charge in [-0.15, -0.1) is 0 Å². The van der Waals surface area contributed by atoms with Crippen LogP contribution in [0.4, 0.5) is 0 Å². The molecule has 2 rings (SSSR count). The SMILES string of the molecule is O=c1cc2cnncc2c(O)[nH]1. The van der Waals surface area contributed by atoms with Crippen LogP contribution in [0.5, 0.6) is 5.88 Å². The molecule has 0 spiro atoms. The molecule has 0 radical (unpaired) electrons. The molecule has 0 atom stereocenters. The van der Waals surface area contributed by atoms with Crippen LogP contribution in [0.15, 0.2) is 23.3 Å². The molecule has 0 aliphatic heterocycles. The molecule has 0 saturated carbocycles. The first-order chi connectivity index (χ1) is 5.77. The standard InChI is InChI=1S/C7H5N3O2/c11-6-1-4-2-8-9-3-5(4)7(12)10-6/h1-3H,(H2,10,11,12). The molecule has 5 nitrogen and oxygen atoms in total. The second-order valence-corrected chi connectivity index (χ2v) is 2.34. The fourth-order valence-corrected chi connectivity index (χ4v) is 1.00. The summed E-state index contributed by atoms with van der Waals surface area (Å²) in [6.45, 7) is 0. The second kappa shape index (κ2) is 2.30. The van der Waals surface area contributed by atoms with Gasteiger partial charge in [-0.25, -0.2) is 0 Å². The molecular formula is C7H5N3O2. The van der Waals surface area contributed by atoms with Crippen molar-refractivity contribution in [3.8, 4) is 5.88 Å². The van der Waals surface area contributed by atoms with E-state index in [1.807, 2.05) is 0 Å². The number of H-pyrrole nitrogens is 1. The molecule has 2 aromatic heterocycles.